The standard InChI is InChI=1S/C13H16O3/c1-13(2)8-16-11-7-9(3-5-10(11)13)4-6-12(14)15/h3,5,7H,4,6,8H2,1-2H3,(H,14,15). The highest BCUT2D eigenvalue weighted by atomic mass is 16.5. The molecule has 0 saturated carbocycles. The quantitative estimate of drug-likeness (QED) is 0.850. The fraction of sp³-hybridized carbons (Fsp3) is 0.462. The second-order valence-electron chi connectivity index (χ2n) is 4.90. The summed E-state index contributed by atoms with van der Waals surface area (Å²) in [6, 6.07) is 6.02. The Morgan fingerprint density at radius 2 is 2.25 bits per heavy atom. The number of carboxylic acids is 1. The van der Waals surface area contributed by atoms with Crippen molar-refractivity contribution in [1.29, 1.82) is 0 Å². The minimum atomic E-state index is -0.762. The number of fused-ring (bicyclic) bond motifs is 1. The van der Waals surface area contributed by atoms with Gasteiger partial charge in [0.25, 0.3) is 0 Å². The van der Waals surface area contributed by atoms with E-state index in [2.05, 4.69) is 19.9 Å². The molecule has 1 aromatic rings. The topological polar surface area (TPSA) is 46.5 Å². The van der Waals surface area contributed by atoms with Gasteiger partial charge < -0.3 is 9.84 Å². The van der Waals surface area contributed by atoms with Gasteiger partial charge in [0.1, 0.15) is 5.75 Å². The molecule has 86 valence electrons. The fourth-order valence-corrected chi connectivity index (χ4v) is 1.99. The van der Waals surface area contributed by atoms with E-state index in [1.54, 1.807) is 0 Å². The maximum absolute atomic E-state index is 10.5. The van der Waals surface area contributed by atoms with E-state index >= 15 is 0 Å². The molecule has 0 atom stereocenters. The highest BCUT2D eigenvalue weighted by Gasteiger charge is 2.31. The Morgan fingerprint density at radius 3 is 2.94 bits per heavy atom. The van der Waals surface area contributed by atoms with Gasteiger partial charge in [-0.25, -0.2) is 0 Å². The molecule has 2 rings (SSSR count). The lowest BCUT2D eigenvalue weighted by Crippen LogP contribution is -2.18. The zero-order valence-electron chi connectivity index (χ0n) is 9.62. The van der Waals surface area contributed by atoms with Crippen LogP contribution < -0.4 is 4.74 Å². The first-order valence-electron chi connectivity index (χ1n) is 5.47. The van der Waals surface area contributed by atoms with Crippen molar-refractivity contribution in [3.8, 4) is 5.75 Å². The first kappa shape index (κ1) is 11.0. The van der Waals surface area contributed by atoms with Gasteiger partial charge in [0.15, 0.2) is 0 Å². The highest BCUT2D eigenvalue weighted by Crippen LogP contribution is 2.38. The monoisotopic (exact) mass is 220 g/mol. The molecule has 0 aliphatic carbocycles. The van der Waals surface area contributed by atoms with Crippen LogP contribution in [0, 0.1) is 0 Å². The maximum atomic E-state index is 10.5. The molecule has 0 unspecified atom stereocenters. The van der Waals surface area contributed by atoms with E-state index in [1.807, 2.05) is 12.1 Å². The summed E-state index contributed by atoms with van der Waals surface area (Å²) in [6.07, 6.45) is 0.731. The molecule has 0 spiro atoms. The lowest BCUT2D eigenvalue weighted by molar-refractivity contribution is -0.136. The lowest BCUT2D eigenvalue weighted by atomic mass is 9.86. The van der Waals surface area contributed by atoms with Gasteiger partial charge in [-0.15, -0.1) is 0 Å². The van der Waals surface area contributed by atoms with Crippen LogP contribution in [0.2, 0.25) is 0 Å². The Balaban J connectivity index is 2.19. The first-order chi connectivity index (χ1) is 7.49. The van der Waals surface area contributed by atoms with Crippen LogP contribution in [0.5, 0.6) is 5.75 Å². The second kappa shape index (κ2) is 3.81. The molecular weight excluding hydrogens is 204 g/mol. The molecule has 0 aromatic heterocycles. The van der Waals surface area contributed by atoms with E-state index in [9.17, 15) is 4.79 Å². The Labute approximate surface area is 95.0 Å². The molecule has 0 radical (unpaired) electrons. The van der Waals surface area contributed by atoms with Crippen molar-refractivity contribution >= 4 is 5.97 Å². The molecule has 1 aliphatic rings. The third-order valence-corrected chi connectivity index (χ3v) is 2.99. The van der Waals surface area contributed by atoms with Crippen molar-refractivity contribution in [2.45, 2.75) is 32.1 Å². The van der Waals surface area contributed by atoms with Crippen LogP contribution in [0.1, 0.15) is 31.4 Å². The third kappa shape index (κ3) is 2.03. The van der Waals surface area contributed by atoms with Gasteiger partial charge in [0, 0.05) is 17.4 Å². The number of carbonyl (C=O) groups is 1. The summed E-state index contributed by atoms with van der Waals surface area (Å²) in [5.41, 5.74) is 2.31. The average molecular weight is 220 g/mol. The predicted octanol–water partition coefficient (Wildman–Crippen LogP) is 2.37. The summed E-state index contributed by atoms with van der Waals surface area (Å²) in [5.74, 6) is 0.148. The van der Waals surface area contributed by atoms with Crippen LogP contribution in [0.4, 0.5) is 0 Å². The molecule has 1 N–H and O–H groups in total. The van der Waals surface area contributed by atoms with E-state index in [1.165, 1.54) is 5.56 Å². The molecule has 1 aromatic carbocycles. The second-order valence-corrected chi connectivity index (χ2v) is 4.90. The predicted molar refractivity (Wildman–Crippen MR) is 60.9 cm³/mol. The number of benzene rings is 1. The third-order valence-electron chi connectivity index (χ3n) is 2.99. The molecule has 1 aliphatic heterocycles. The molecule has 1 heterocycles. The van der Waals surface area contributed by atoms with Crippen molar-refractivity contribution in [1.82, 2.24) is 0 Å². The van der Waals surface area contributed by atoms with Crippen molar-refractivity contribution in [2.75, 3.05) is 6.61 Å². The Bertz CT molecular complexity index is 421. The summed E-state index contributed by atoms with van der Waals surface area (Å²) >= 11 is 0. The molecule has 0 bridgehead atoms. The Morgan fingerprint density at radius 1 is 1.50 bits per heavy atom. The largest absolute Gasteiger partial charge is 0.492 e. The Hall–Kier alpha value is -1.51. The van der Waals surface area contributed by atoms with Gasteiger partial charge in [-0.3, -0.25) is 4.79 Å². The number of aryl methyl sites for hydroxylation is 1. The fourth-order valence-electron chi connectivity index (χ4n) is 1.99. The van der Waals surface area contributed by atoms with Crippen LogP contribution in [-0.2, 0) is 16.6 Å². The van der Waals surface area contributed by atoms with Gasteiger partial charge in [0.2, 0.25) is 0 Å². The maximum Gasteiger partial charge on any atom is 0.303 e. The van der Waals surface area contributed by atoms with Crippen molar-refractivity contribution < 1.29 is 14.6 Å². The van der Waals surface area contributed by atoms with Crippen LogP contribution in [-0.4, -0.2) is 17.7 Å². The first-order valence-corrected chi connectivity index (χ1v) is 5.47. The number of aliphatic carboxylic acids is 1. The smallest absolute Gasteiger partial charge is 0.303 e. The van der Waals surface area contributed by atoms with Crippen molar-refractivity contribution in [3.63, 3.8) is 0 Å². The summed E-state index contributed by atoms with van der Waals surface area (Å²) in [7, 11) is 0. The molecule has 0 amide bonds. The summed E-state index contributed by atoms with van der Waals surface area (Å²) in [4.78, 5) is 10.5. The van der Waals surface area contributed by atoms with E-state index in [4.69, 9.17) is 9.84 Å². The lowest BCUT2D eigenvalue weighted by Gasteiger charge is -2.14. The SMILES string of the molecule is CC1(C)COc2cc(CCC(=O)O)ccc21. The highest BCUT2D eigenvalue weighted by molar-refractivity contribution is 5.67. The Kier molecular flexibility index (Phi) is 2.62. The minimum Gasteiger partial charge on any atom is -0.492 e. The van der Waals surface area contributed by atoms with E-state index in [0.29, 0.717) is 13.0 Å². The van der Waals surface area contributed by atoms with Crippen molar-refractivity contribution in [2.24, 2.45) is 0 Å². The number of carboxylic acid groups (broad SMARTS) is 1. The number of ether oxygens (including phenoxy) is 1. The molecule has 16 heavy (non-hydrogen) atoms. The van der Waals surface area contributed by atoms with Gasteiger partial charge >= 0.3 is 5.97 Å². The molecule has 3 nitrogen and oxygen atoms in total. The van der Waals surface area contributed by atoms with Gasteiger partial charge in [-0.1, -0.05) is 26.0 Å². The minimum absolute atomic E-state index is 0.0701. The zero-order chi connectivity index (χ0) is 11.8. The van der Waals surface area contributed by atoms with E-state index in [-0.39, 0.29) is 11.8 Å². The zero-order valence-corrected chi connectivity index (χ0v) is 9.62. The number of rotatable bonds is 3. The normalized spacial score (nSPS) is 16.6. The summed E-state index contributed by atoms with van der Waals surface area (Å²) in [5, 5.41) is 8.62. The van der Waals surface area contributed by atoms with E-state index < -0.39 is 5.97 Å². The van der Waals surface area contributed by atoms with Gasteiger partial charge in [0.05, 0.1) is 6.61 Å². The van der Waals surface area contributed by atoms with Crippen molar-refractivity contribution in [3.05, 3.63) is 29.3 Å². The summed E-state index contributed by atoms with van der Waals surface area (Å²) < 4.78 is 5.61. The van der Waals surface area contributed by atoms with Gasteiger partial charge in [-0.05, 0) is 18.1 Å². The molecular formula is C13H16O3. The average Bonchev–Trinajstić information content (AvgIpc) is 2.52. The molecule has 0 fully saturated rings. The van der Waals surface area contributed by atoms with Crippen LogP contribution in [0.15, 0.2) is 18.2 Å². The van der Waals surface area contributed by atoms with Gasteiger partial charge in [-0.2, -0.15) is 0 Å². The van der Waals surface area contributed by atoms with Crippen LogP contribution in [0.3, 0.4) is 0 Å². The summed E-state index contributed by atoms with van der Waals surface area (Å²) in [6.45, 7) is 5.00. The van der Waals surface area contributed by atoms with E-state index in [0.717, 1.165) is 11.3 Å². The number of hydrogen-bond acceptors (Lipinski definition) is 2. The van der Waals surface area contributed by atoms with Crippen LogP contribution >= 0.6 is 0 Å². The van der Waals surface area contributed by atoms with Crippen LogP contribution in [0.25, 0.3) is 0 Å². The molecule has 0 saturated heterocycles. The molecule has 3 heteroatoms. The number of hydrogen-bond donors (Lipinski definition) is 1.